The van der Waals surface area contributed by atoms with Crippen LogP contribution < -0.4 is 11.1 Å². The van der Waals surface area contributed by atoms with Crippen LogP contribution >= 0.6 is 0 Å². The van der Waals surface area contributed by atoms with Crippen molar-refractivity contribution in [3.63, 3.8) is 0 Å². The second kappa shape index (κ2) is 6.28. The SMILES string of the molecule is Cc1cnnc(NCCOCCN)c1. The number of aromatic nitrogens is 2. The van der Waals surface area contributed by atoms with Crippen LogP contribution in [0.1, 0.15) is 5.56 Å². The summed E-state index contributed by atoms with van der Waals surface area (Å²) in [6, 6.07) is 1.94. The molecule has 0 saturated heterocycles. The van der Waals surface area contributed by atoms with Gasteiger partial charge in [-0.05, 0) is 18.6 Å². The zero-order chi connectivity index (χ0) is 10.2. The smallest absolute Gasteiger partial charge is 0.148 e. The van der Waals surface area contributed by atoms with Gasteiger partial charge in [0.2, 0.25) is 0 Å². The number of nitrogens with one attached hydrogen (secondary N) is 1. The zero-order valence-electron chi connectivity index (χ0n) is 8.36. The molecule has 0 unspecified atom stereocenters. The lowest BCUT2D eigenvalue weighted by Crippen LogP contribution is -2.15. The van der Waals surface area contributed by atoms with Gasteiger partial charge in [-0.1, -0.05) is 0 Å². The average Bonchev–Trinajstić information content (AvgIpc) is 2.18. The van der Waals surface area contributed by atoms with Gasteiger partial charge >= 0.3 is 0 Å². The average molecular weight is 196 g/mol. The fraction of sp³-hybridized carbons (Fsp3) is 0.556. The lowest BCUT2D eigenvalue weighted by Gasteiger charge is -2.05. The minimum atomic E-state index is 0.560. The van der Waals surface area contributed by atoms with Crippen LogP contribution in [-0.4, -0.2) is 36.5 Å². The van der Waals surface area contributed by atoms with Crippen LogP contribution in [0.15, 0.2) is 12.3 Å². The molecule has 5 heteroatoms. The highest BCUT2D eigenvalue weighted by Gasteiger charge is 1.93. The van der Waals surface area contributed by atoms with Crippen molar-refractivity contribution in [3.8, 4) is 0 Å². The van der Waals surface area contributed by atoms with E-state index in [0.717, 1.165) is 17.9 Å². The van der Waals surface area contributed by atoms with Gasteiger partial charge in [0.1, 0.15) is 5.82 Å². The first kappa shape index (κ1) is 10.9. The van der Waals surface area contributed by atoms with E-state index in [1.165, 1.54) is 0 Å². The highest BCUT2D eigenvalue weighted by Crippen LogP contribution is 2.01. The predicted octanol–water partition coefficient (Wildman–Crippen LogP) is 0.172. The Kier molecular flexibility index (Phi) is 4.88. The van der Waals surface area contributed by atoms with E-state index in [4.69, 9.17) is 10.5 Å². The number of ether oxygens (including phenoxy) is 1. The molecule has 1 rings (SSSR count). The molecule has 1 heterocycles. The minimum Gasteiger partial charge on any atom is -0.378 e. The molecule has 0 radical (unpaired) electrons. The van der Waals surface area contributed by atoms with Crippen molar-refractivity contribution in [2.75, 3.05) is 31.6 Å². The second-order valence-corrected chi connectivity index (χ2v) is 2.95. The largest absolute Gasteiger partial charge is 0.378 e. The van der Waals surface area contributed by atoms with Crippen LogP contribution in [0.4, 0.5) is 5.82 Å². The summed E-state index contributed by atoms with van der Waals surface area (Å²) in [5.41, 5.74) is 6.36. The number of hydrogen-bond acceptors (Lipinski definition) is 5. The molecule has 0 bridgehead atoms. The Morgan fingerprint density at radius 2 is 2.36 bits per heavy atom. The van der Waals surface area contributed by atoms with Gasteiger partial charge in [0.05, 0.1) is 19.4 Å². The van der Waals surface area contributed by atoms with Crippen LogP contribution in [0.2, 0.25) is 0 Å². The van der Waals surface area contributed by atoms with Crippen molar-refractivity contribution in [1.82, 2.24) is 10.2 Å². The maximum atomic E-state index is 5.27. The van der Waals surface area contributed by atoms with Gasteiger partial charge in [-0.2, -0.15) is 5.10 Å². The normalized spacial score (nSPS) is 10.1. The molecular formula is C9H16N4O. The lowest BCUT2D eigenvalue weighted by molar-refractivity contribution is 0.151. The molecule has 0 aliphatic rings. The summed E-state index contributed by atoms with van der Waals surface area (Å²) >= 11 is 0. The van der Waals surface area contributed by atoms with Crippen molar-refractivity contribution in [3.05, 3.63) is 17.8 Å². The van der Waals surface area contributed by atoms with Crippen molar-refractivity contribution in [1.29, 1.82) is 0 Å². The van der Waals surface area contributed by atoms with Gasteiger partial charge < -0.3 is 15.8 Å². The maximum Gasteiger partial charge on any atom is 0.148 e. The van der Waals surface area contributed by atoms with E-state index in [-0.39, 0.29) is 0 Å². The summed E-state index contributed by atoms with van der Waals surface area (Å²) in [5.74, 6) is 0.779. The lowest BCUT2D eigenvalue weighted by atomic mass is 10.3. The molecule has 0 fully saturated rings. The van der Waals surface area contributed by atoms with E-state index >= 15 is 0 Å². The number of aryl methyl sites for hydroxylation is 1. The molecule has 1 aromatic heterocycles. The van der Waals surface area contributed by atoms with Gasteiger partial charge in [-0.25, -0.2) is 0 Å². The number of anilines is 1. The van der Waals surface area contributed by atoms with E-state index in [0.29, 0.717) is 19.8 Å². The molecule has 78 valence electrons. The van der Waals surface area contributed by atoms with Gasteiger partial charge in [0.25, 0.3) is 0 Å². The molecule has 0 atom stereocenters. The predicted molar refractivity (Wildman–Crippen MR) is 55.1 cm³/mol. The summed E-state index contributed by atoms with van der Waals surface area (Å²) in [6.07, 6.45) is 1.72. The van der Waals surface area contributed by atoms with E-state index in [1.807, 2.05) is 13.0 Å². The van der Waals surface area contributed by atoms with Crippen molar-refractivity contribution in [2.45, 2.75) is 6.92 Å². The molecule has 1 aromatic rings. The number of hydrogen-bond donors (Lipinski definition) is 2. The fourth-order valence-corrected chi connectivity index (χ4v) is 0.987. The zero-order valence-corrected chi connectivity index (χ0v) is 8.36. The van der Waals surface area contributed by atoms with Gasteiger partial charge in [0, 0.05) is 13.1 Å². The highest BCUT2D eigenvalue weighted by molar-refractivity contribution is 5.34. The molecule has 0 aromatic carbocycles. The maximum absolute atomic E-state index is 5.27. The Bertz CT molecular complexity index is 267. The number of nitrogens with zero attached hydrogens (tertiary/aromatic N) is 2. The van der Waals surface area contributed by atoms with Crippen LogP contribution in [0, 0.1) is 6.92 Å². The third-order valence-electron chi connectivity index (χ3n) is 1.61. The van der Waals surface area contributed by atoms with Crippen LogP contribution in [0.3, 0.4) is 0 Å². The first-order valence-corrected chi connectivity index (χ1v) is 4.64. The Balaban J connectivity index is 2.18. The summed E-state index contributed by atoms with van der Waals surface area (Å²) in [6.45, 7) is 4.49. The third kappa shape index (κ3) is 4.15. The summed E-state index contributed by atoms with van der Waals surface area (Å²) < 4.78 is 5.20. The fourth-order valence-electron chi connectivity index (χ4n) is 0.987. The van der Waals surface area contributed by atoms with Crippen molar-refractivity contribution < 1.29 is 4.74 Å². The monoisotopic (exact) mass is 196 g/mol. The Hall–Kier alpha value is -1.20. The van der Waals surface area contributed by atoms with Crippen LogP contribution in [-0.2, 0) is 4.74 Å². The van der Waals surface area contributed by atoms with Crippen LogP contribution in [0.5, 0.6) is 0 Å². The first-order chi connectivity index (χ1) is 6.83. The van der Waals surface area contributed by atoms with Crippen LogP contribution in [0.25, 0.3) is 0 Å². The molecular weight excluding hydrogens is 180 g/mol. The summed E-state index contributed by atoms with van der Waals surface area (Å²) in [4.78, 5) is 0. The van der Waals surface area contributed by atoms with Gasteiger partial charge in [-0.15, -0.1) is 5.10 Å². The highest BCUT2D eigenvalue weighted by atomic mass is 16.5. The van der Waals surface area contributed by atoms with Gasteiger partial charge in [0.15, 0.2) is 0 Å². The molecule has 14 heavy (non-hydrogen) atoms. The quantitative estimate of drug-likeness (QED) is 0.635. The van der Waals surface area contributed by atoms with E-state index < -0.39 is 0 Å². The van der Waals surface area contributed by atoms with E-state index in [2.05, 4.69) is 15.5 Å². The number of rotatable bonds is 6. The van der Waals surface area contributed by atoms with E-state index in [9.17, 15) is 0 Å². The molecule has 5 nitrogen and oxygen atoms in total. The summed E-state index contributed by atoms with van der Waals surface area (Å²) in [7, 11) is 0. The molecule has 0 amide bonds. The van der Waals surface area contributed by atoms with Gasteiger partial charge in [-0.3, -0.25) is 0 Å². The second-order valence-electron chi connectivity index (χ2n) is 2.95. The Morgan fingerprint density at radius 1 is 1.50 bits per heavy atom. The minimum absolute atomic E-state index is 0.560. The standard InChI is InChI=1S/C9H16N4O/c1-8-6-9(13-12-7-8)11-3-5-14-4-2-10/h6-7H,2-5,10H2,1H3,(H,11,13). The molecule has 0 saturated carbocycles. The molecule has 0 aliphatic heterocycles. The number of nitrogens with two attached hydrogens (primary N) is 1. The molecule has 0 spiro atoms. The Morgan fingerprint density at radius 3 is 3.07 bits per heavy atom. The van der Waals surface area contributed by atoms with Crippen molar-refractivity contribution in [2.24, 2.45) is 5.73 Å². The Labute approximate surface area is 83.7 Å². The third-order valence-corrected chi connectivity index (χ3v) is 1.61. The topological polar surface area (TPSA) is 73.1 Å². The summed E-state index contributed by atoms with van der Waals surface area (Å²) in [5, 5.41) is 10.8. The molecule has 3 N–H and O–H groups in total. The van der Waals surface area contributed by atoms with E-state index in [1.54, 1.807) is 6.20 Å². The molecule has 0 aliphatic carbocycles. The van der Waals surface area contributed by atoms with Crippen molar-refractivity contribution >= 4 is 5.82 Å². The first-order valence-electron chi connectivity index (χ1n) is 4.64.